The summed E-state index contributed by atoms with van der Waals surface area (Å²) >= 11 is 0. The largest absolute Gasteiger partial charge is 0.446 e. The van der Waals surface area contributed by atoms with E-state index in [0.29, 0.717) is 35.9 Å². The number of likely N-dealkylation sites (tertiary alicyclic amines) is 1. The van der Waals surface area contributed by atoms with E-state index in [0.717, 1.165) is 35.3 Å². The number of carbonyl (C=O) groups is 2. The predicted molar refractivity (Wildman–Crippen MR) is 170 cm³/mol. The van der Waals surface area contributed by atoms with E-state index in [-0.39, 0.29) is 24.4 Å². The van der Waals surface area contributed by atoms with Crippen molar-refractivity contribution >= 4 is 17.5 Å². The summed E-state index contributed by atoms with van der Waals surface area (Å²) in [5.74, 6) is 0.345. The van der Waals surface area contributed by atoms with Gasteiger partial charge in [0.2, 0.25) is 5.89 Å². The van der Waals surface area contributed by atoms with Crippen LogP contribution in [0.15, 0.2) is 83.7 Å². The summed E-state index contributed by atoms with van der Waals surface area (Å²) in [6.07, 6.45) is 6.41. The molecule has 44 heavy (non-hydrogen) atoms. The molecule has 4 aromatic rings. The zero-order valence-corrected chi connectivity index (χ0v) is 25.8. The van der Waals surface area contributed by atoms with Crippen molar-refractivity contribution in [3.8, 4) is 0 Å². The van der Waals surface area contributed by atoms with Crippen molar-refractivity contribution in [3.05, 3.63) is 113 Å². The fraction of sp³-hybridized carbons (Fsp3) is 0.371. The highest BCUT2D eigenvalue weighted by Gasteiger charge is 2.34. The summed E-state index contributed by atoms with van der Waals surface area (Å²) in [6, 6.07) is 17.8. The molecular weight excluding hydrogens is 554 g/mol. The van der Waals surface area contributed by atoms with Crippen molar-refractivity contribution < 1.29 is 19.1 Å². The second kappa shape index (κ2) is 13.9. The molecule has 0 spiro atoms. The molecule has 0 saturated carbocycles. The summed E-state index contributed by atoms with van der Waals surface area (Å²) in [7, 11) is 1.91. The number of aryl methyl sites for hydroxylation is 1. The smallest absolute Gasteiger partial charge is 0.254 e. The maximum atomic E-state index is 13.6. The third kappa shape index (κ3) is 7.34. The first kappa shape index (κ1) is 30.9. The zero-order chi connectivity index (χ0) is 31.2. The number of likely N-dealkylation sites (N-methyl/N-ethyl adjacent to an activating group) is 1. The van der Waals surface area contributed by atoms with Gasteiger partial charge in [-0.05, 0) is 67.5 Å². The Labute approximate surface area is 258 Å². The van der Waals surface area contributed by atoms with Crippen LogP contribution in [0.2, 0.25) is 0 Å². The number of nitrogens with one attached hydrogen (secondary N) is 1. The number of carbonyl (C=O) groups excluding carboxylic acids is 2. The number of aliphatic hydroxyl groups is 1. The van der Waals surface area contributed by atoms with Crippen LogP contribution in [-0.2, 0) is 6.42 Å². The normalized spacial score (nSPS) is 16.1. The van der Waals surface area contributed by atoms with Gasteiger partial charge >= 0.3 is 0 Å². The molecule has 1 aliphatic heterocycles. The molecule has 5 rings (SSSR count). The highest BCUT2D eigenvalue weighted by Crippen LogP contribution is 2.32. The van der Waals surface area contributed by atoms with Crippen LogP contribution in [0, 0.1) is 6.92 Å². The van der Waals surface area contributed by atoms with Crippen molar-refractivity contribution in [2.75, 3.05) is 25.0 Å². The summed E-state index contributed by atoms with van der Waals surface area (Å²) in [6.45, 7) is 6.97. The van der Waals surface area contributed by atoms with Gasteiger partial charge in [0.05, 0.1) is 29.7 Å². The number of hydrogen-bond acceptors (Lipinski definition) is 7. The number of hydrogen-bond donors (Lipinski definition) is 2. The molecule has 0 bridgehead atoms. The van der Waals surface area contributed by atoms with Gasteiger partial charge < -0.3 is 24.6 Å². The van der Waals surface area contributed by atoms with Gasteiger partial charge in [0.25, 0.3) is 11.8 Å². The van der Waals surface area contributed by atoms with Crippen LogP contribution in [0.3, 0.4) is 0 Å². The van der Waals surface area contributed by atoms with E-state index in [1.807, 2.05) is 55.4 Å². The third-order valence-corrected chi connectivity index (χ3v) is 8.20. The molecule has 0 unspecified atom stereocenters. The van der Waals surface area contributed by atoms with Crippen LogP contribution < -0.4 is 10.2 Å². The average molecular weight is 596 g/mol. The lowest BCUT2D eigenvalue weighted by molar-refractivity contribution is 0.0715. The topological polar surface area (TPSA) is 112 Å². The molecule has 1 aliphatic rings. The van der Waals surface area contributed by atoms with Crippen LogP contribution in [0.4, 0.5) is 5.69 Å². The lowest BCUT2D eigenvalue weighted by Gasteiger charge is -2.29. The van der Waals surface area contributed by atoms with E-state index in [1.165, 1.54) is 0 Å². The van der Waals surface area contributed by atoms with Crippen LogP contribution in [-0.4, -0.2) is 64.1 Å². The molecular formula is C35H41N5O4. The molecule has 0 radical (unpaired) electrons. The van der Waals surface area contributed by atoms with Crippen molar-refractivity contribution in [1.29, 1.82) is 0 Å². The minimum atomic E-state index is -0.883. The Balaban J connectivity index is 1.32. The Morgan fingerprint density at radius 3 is 2.59 bits per heavy atom. The molecule has 3 heterocycles. The molecule has 2 N–H and O–H groups in total. The molecule has 2 amide bonds. The summed E-state index contributed by atoms with van der Waals surface area (Å²) in [5, 5.41) is 14.5. The molecule has 9 nitrogen and oxygen atoms in total. The third-order valence-electron chi connectivity index (χ3n) is 8.20. The Morgan fingerprint density at radius 2 is 1.86 bits per heavy atom. The summed E-state index contributed by atoms with van der Waals surface area (Å²) < 4.78 is 5.61. The number of aliphatic hydroxyl groups excluding tert-OH is 1. The SMILES string of the molecule is Cc1coc([C@H]2CCCN2C(=O)c2cccc(C(=O)N[C@@H](Cc3ccccc3)[C@H](O)CN(C)c3cncc(C(C)C)c3)c2)n1. The van der Waals surface area contributed by atoms with Crippen LogP contribution in [0.1, 0.15) is 82.1 Å². The fourth-order valence-electron chi connectivity index (χ4n) is 5.64. The molecule has 2 aromatic heterocycles. The monoisotopic (exact) mass is 595 g/mol. The molecule has 2 aromatic carbocycles. The number of rotatable bonds is 11. The van der Waals surface area contributed by atoms with Gasteiger partial charge in [-0.3, -0.25) is 14.6 Å². The summed E-state index contributed by atoms with van der Waals surface area (Å²) in [4.78, 5) is 39.7. The maximum Gasteiger partial charge on any atom is 0.254 e. The molecule has 3 atom stereocenters. The van der Waals surface area contributed by atoms with Crippen molar-refractivity contribution in [1.82, 2.24) is 20.2 Å². The lowest BCUT2D eigenvalue weighted by atomic mass is 9.99. The van der Waals surface area contributed by atoms with Crippen LogP contribution in [0.5, 0.6) is 0 Å². The average Bonchev–Trinajstić information content (AvgIpc) is 3.70. The van der Waals surface area contributed by atoms with Gasteiger partial charge in [-0.1, -0.05) is 50.2 Å². The van der Waals surface area contributed by atoms with Gasteiger partial charge in [-0.2, -0.15) is 0 Å². The minimum Gasteiger partial charge on any atom is -0.446 e. The zero-order valence-electron chi connectivity index (χ0n) is 25.8. The first-order valence-corrected chi connectivity index (χ1v) is 15.2. The van der Waals surface area contributed by atoms with E-state index in [2.05, 4.69) is 35.2 Å². The molecule has 230 valence electrons. The number of oxazole rings is 1. The first-order chi connectivity index (χ1) is 21.2. The van der Waals surface area contributed by atoms with E-state index in [1.54, 1.807) is 41.6 Å². The van der Waals surface area contributed by atoms with E-state index in [4.69, 9.17) is 4.42 Å². The second-order valence-electron chi connectivity index (χ2n) is 11.9. The summed E-state index contributed by atoms with van der Waals surface area (Å²) in [5.41, 5.74) is 4.55. The highest BCUT2D eigenvalue weighted by atomic mass is 16.3. The Morgan fingerprint density at radius 1 is 1.09 bits per heavy atom. The Bertz CT molecular complexity index is 1570. The van der Waals surface area contributed by atoms with Gasteiger partial charge in [0.1, 0.15) is 12.3 Å². The standard InChI is InChI=1S/C35H41N5O4/c1-23(2)28-18-29(20-36-19-28)39(4)21-32(41)30(16-25-10-6-5-7-11-25)38-33(42)26-12-8-13-27(17-26)35(43)40-15-9-14-31(40)34-37-24(3)22-44-34/h5-8,10-13,17-20,22-23,30-32,41H,9,14-16,21H2,1-4H3,(H,38,42)/t30-,31+,32+/m0/s1. The van der Waals surface area contributed by atoms with Crippen LogP contribution in [0.25, 0.3) is 0 Å². The number of nitrogens with zero attached hydrogens (tertiary/aromatic N) is 4. The van der Waals surface area contributed by atoms with Gasteiger partial charge in [-0.15, -0.1) is 0 Å². The van der Waals surface area contributed by atoms with E-state index < -0.39 is 12.1 Å². The van der Waals surface area contributed by atoms with Gasteiger partial charge in [0, 0.05) is 37.5 Å². The molecule has 0 aliphatic carbocycles. The highest BCUT2D eigenvalue weighted by molar-refractivity contribution is 6.00. The Kier molecular flexibility index (Phi) is 9.75. The fourth-order valence-corrected chi connectivity index (χ4v) is 5.64. The van der Waals surface area contributed by atoms with Crippen LogP contribution >= 0.6 is 0 Å². The predicted octanol–water partition coefficient (Wildman–Crippen LogP) is 5.32. The number of anilines is 1. The van der Waals surface area contributed by atoms with E-state index in [9.17, 15) is 14.7 Å². The number of pyridine rings is 1. The number of aromatic nitrogens is 2. The minimum absolute atomic E-state index is 0.169. The second-order valence-corrected chi connectivity index (χ2v) is 11.9. The van der Waals surface area contributed by atoms with Crippen molar-refractivity contribution in [2.45, 2.75) is 64.1 Å². The van der Waals surface area contributed by atoms with Gasteiger partial charge in [0.15, 0.2) is 0 Å². The van der Waals surface area contributed by atoms with Crippen molar-refractivity contribution in [2.24, 2.45) is 0 Å². The lowest BCUT2D eigenvalue weighted by Crippen LogP contribution is -2.49. The van der Waals surface area contributed by atoms with E-state index >= 15 is 0 Å². The molecule has 1 fully saturated rings. The van der Waals surface area contributed by atoms with Crippen molar-refractivity contribution in [3.63, 3.8) is 0 Å². The molecule has 1 saturated heterocycles. The number of benzene rings is 2. The maximum absolute atomic E-state index is 13.6. The Hall–Kier alpha value is -4.50. The quantitative estimate of drug-likeness (QED) is 0.242. The molecule has 9 heteroatoms. The first-order valence-electron chi connectivity index (χ1n) is 15.2. The van der Waals surface area contributed by atoms with Gasteiger partial charge in [-0.25, -0.2) is 4.98 Å². The number of amides is 2.